The highest BCUT2D eigenvalue weighted by Crippen LogP contribution is 2.32. The molecule has 0 aliphatic carbocycles. The first-order chi connectivity index (χ1) is 16.7. The molecule has 1 aliphatic heterocycles. The fraction of sp³-hybridized carbons (Fsp3) is 0.560. The normalized spacial score (nSPS) is 16.4. The summed E-state index contributed by atoms with van der Waals surface area (Å²) in [6, 6.07) is 7.72. The molecule has 2 heterocycles. The third kappa shape index (κ3) is 7.80. The van der Waals surface area contributed by atoms with Crippen molar-refractivity contribution in [2.24, 2.45) is 4.99 Å². The molecule has 0 spiro atoms. The third-order valence-corrected chi connectivity index (χ3v) is 5.59. The van der Waals surface area contributed by atoms with E-state index in [0.717, 1.165) is 18.4 Å². The van der Waals surface area contributed by atoms with Gasteiger partial charge in [-0.1, -0.05) is 55.6 Å². The number of likely N-dealkylation sites (tertiary alicyclic amines) is 1. The largest absolute Gasteiger partial charge is 0.465 e. The first kappa shape index (κ1) is 26.2. The van der Waals surface area contributed by atoms with E-state index in [1.165, 1.54) is 31.2 Å². The average molecular weight is 486 g/mol. The number of carboxylic acid groups (broad SMARTS) is 1. The lowest BCUT2D eigenvalue weighted by molar-refractivity contribution is 0.0600. The number of aliphatic imine (C=N–C) groups is 1. The van der Waals surface area contributed by atoms with E-state index in [0.29, 0.717) is 24.7 Å². The van der Waals surface area contributed by atoms with Crippen molar-refractivity contribution in [1.82, 2.24) is 20.4 Å². The minimum atomic E-state index is -1.33. The Balaban J connectivity index is 1.74. The molecule has 2 amide bonds. The summed E-state index contributed by atoms with van der Waals surface area (Å²) in [5, 5.41) is 15.6. The third-order valence-electron chi connectivity index (χ3n) is 5.59. The minimum Gasteiger partial charge on any atom is -0.465 e. The molecule has 0 radical (unpaired) electrons. The van der Waals surface area contributed by atoms with Gasteiger partial charge in [-0.3, -0.25) is 5.32 Å². The topological polar surface area (TPSA) is 130 Å². The van der Waals surface area contributed by atoms with Gasteiger partial charge < -0.3 is 19.3 Å². The molecule has 190 valence electrons. The summed E-state index contributed by atoms with van der Waals surface area (Å²) >= 11 is 0. The number of hydrogen-bond acceptors (Lipinski definition) is 6. The van der Waals surface area contributed by atoms with Crippen LogP contribution in [-0.2, 0) is 11.2 Å². The SMILES string of the molecule is CCCCCCc1ccc(-c2noc(C3CCCN3C(=NC(=O)OC(C)(C)C)NC(=O)O)n2)cc1. The fourth-order valence-corrected chi connectivity index (χ4v) is 3.97. The number of nitrogens with one attached hydrogen (secondary N) is 1. The highest BCUT2D eigenvalue weighted by molar-refractivity contribution is 5.98. The van der Waals surface area contributed by atoms with Crippen molar-refractivity contribution >= 4 is 18.1 Å². The number of ether oxygens (including phenoxy) is 1. The van der Waals surface area contributed by atoms with Crippen LogP contribution in [-0.4, -0.2) is 50.4 Å². The molecule has 1 aliphatic rings. The number of unbranched alkanes of at least 4 members (excludes halogenated alkanes) is 3. The van der Waals surface area contributed by atoms with E-state index in [4.69, 9.17) is 9.26 Å². The van der Waals surface area contributed by atoms with Crippen LogP contribution in [0.5, 0.6) is 0 Å². The number of amides is 2. The molecule has 0 saturated carbocycles. The van der Waals surface area contributed by atoms with Gasteiger partial charge in [-0.15, -0.1) is 4.99 Å². The van der Waals surface area contributed by atoms with Gasteiger partial charge in [0.2, 0.25) is 17.7 Å². The number of nitrogens with zero attached hydrogens (tertiary/aromatic N) is 4. The molecule has 0 bridgehead atoms. The average Bonchev–Trinajstić information content (AvgIpc) is 3.44. The Morgan fingerprint density at radius 3 is 2.63 bits per heavy atom. The van der Waals surface area contributed by atoms with E-state index in [1.54, 1.807) is 25.7 Å². The van der Waals surface area contributed by atoms with Crippen LogP contribution in [0.1, 0.15) is 83.7 Å². The Bertz CT molecular complexity index is 1030. The van der Waals surface area contributed by atoms with Gasteiger partial charge in [-0.05, 0) is 52.0 Å². The number of aryl methyl sites for hydroxylation is 1. The summed E-state index contributed by atoms with van der Waals surface area (Å²) in [6.45, 7) is 7.81. The maximum atomic E-state index is 12.2. The summed E-state index contributed by atoms with van der Waals surface area (Å²) in [7, 11) is 0. The van der Waals surface area contributed by atoms with E-state index < -0.39 is 23.8 Å². The zero-order valence-electron chi connectivity index (χ0n) is 20.9. The molecule has 3 rings (SSSR count). The van der Waals surface area contributed by atoms with E-state index >= 15 is 0 Å². The van der Waals surface area contributed by atoms with Crippen molar-refractivity contribution in [3.8, 4) is 11.4 Å². The number of guanidine groups is 1. The van der Waals surface area contributed by atoms with Crippen LogP contribution in [0.4, 0.5) is 9.59 Å². The highest BCUT2D eigenvalue weighted by Gasteiger charge is 2.34. The summed E-state index contributed by atoms with van der Waals surface area (Å²) in [5.41, 5.74) is 1.36. The van der Waals surface area contributed by atoms with Crippen LogP contribution in [0, 0.1) is 0 Å². The van der Waals surface area contributed by atoms with Gasteiger partial charge in [-0.2, -0.15) is 4.98 Å². The van der Waals surface area contributed by atoms with Crippen molar-refractivity contribution in [2.45, 2.75) is 84.3 Å². The van der Waals surface area contributed by atoms with E-state index in [-0.39, 0.29) is 5.96 Å². The molecule has 1 fully saturated rings. The number of hydrogen-bond donors (Lipinski definition) is 2. The Morgan fingerprint density at radius 2 is 1.97 bits per heavy atom. The second kappa shape index (κ2) is 11.8. The number of benzene rings is 1. The molecule has 35 heavy (non-hydrogen) atoms. The summed E-state index contributed by atoms with van der Waals surface area (Å²) in [5.74, 6) is 0.674. The van der Waals surface area contributed by atoms with Gasteiger partial charge in [0.15, 0.2) is 0 Å². The van der Waals surface area contributed by atoms with Gasteiger partial charge in [0.05, 0.1) is 0 Å². The first-order valence-corrected chi connectivity index (χ1v) is 12.2. The predicted octanol–water partition coefficient (Wildman–Crippen LogP) is 5.56. The minimum absolute atomic E-state index is 0.124. The van der Waals surface area contributed by atoms with Crippen LogP contribution in [0.15, 0.2) is 33.8 Å². The first-order valence-electron chi connectivity index (χ1n) is 12.2. The summed E-state index contributed by atoms with van der Waals surface area (Å²) in [4.78, 5) is 33.7. The van der Waals surface area contributed by atoms with Crippen LogP contribution >= 0.6 is 0 Å². The maximum absolute atomic E-state index is 12.2. The second-order valence-electron chi connectivity index (χ2n) is 9.66. The molecule has 1 aromatic carbocycles. The quantitative estimate of drug-likeness (QED) is 0.296. The van der Waals surface area contributed by atoms with Crippen LogP contribution < -0.4 is 5.32 Å². The van der Waals surface area contributed by atoms with E-state index in [2.05, 4.69) is 39.5 Å². The standard InChI is InChI=1S/C25H35N5O5/c1-5-6-7-8-10-17-12-14-18(15-13-17)20-26-21(35-29-20)19-11-9-16-30(19)22(27-23(31)32)28-24(33)34-25(2,3)4/h12-15,19H,5-11,16H2,1-4H3,(H,31,32)(H,27,28,33). The molecule has 1 saturated heterocycles. The second-order valence-corrected chi connectivity index (χ2v) is 9.66. The smallest absolute Gasteiger partial charge is 0.437 e. The molecular weight excluding hydrogens is 450 g/mol. The Labute approximate surface area is 205 Å². The van der Waals surface area contributed by atoms with Crippen molar-refractivity contribution in [2.75, 3.05) is 6.54 Å². The van der Waals surface area contributed by atoms with Crippen LogP contribution in [0.3, 0.4) is 0 Å². The zero-order chi connectivity index (χ0) is 25.4. The molecule has 2 N–H and O–H groups in total. The van der Waals surface area contributed by atoms with Gasteiger partial charge in [0, 0.05) is 12.1 Å². The highest BCUT2D eigenvalue weighted by atomic mass is 16.6. The Kier molecular flexibility index (Phi) is 8.84. The van der Waals surface area contributed by atoms with Gasteiger partial charge in [-0.25, -0.2) is 9.59 Å². The molecule has 1 atom stereocenters. The Hall–Kier alpha value is -3.43. The van der Waals surface area contributed by atoms with Crippen molar-refractivity contribution < 1.29 is 24.0 Å². The monoisotopic (exact) mass is 485 g/mol. The zero-order valence-corrected chi connectivity index (χ0v) is 20.9. The predicted molar refractivity (Wildman–Crippen MR) is 131 cm³/mol. The fourth-order valence-electron chi connectivity index (χ4n) is 3.97. The van der Waals surface area contributed by atoms with Crippen molar-refractivity contribution in [3.05, 3.63) is 35.7 Å². The van der Waals surface area contributed by atoms with E-state index in [1.807, 2.05) is 12.1 Å². The maximum Gasteiger partial charge on any atom is 0.437 e. The molecule has 1 unspecified atom stereocenters. The molecule has 1 aromatic heterocycles. The van der Waals surface area contributed by atoms with Gasteiger partial charge in [0.1, 0.15) is 11.6 Å². The molecule has 10 nitrogen and oxygen atoms in total. The number of rotatable bonds is 7. The number of carbonyl (C=O) groups is 2. The molecular formula is C25H35N5O5. The summed E-state index contributed by atoms with van der Waals surface area (Å²) < 4.78 is 10.8. The van der Waals surface area contributed by atoms with Gasteiger partial charge in [0.25, 0.3) is 0 Å². The lowest BCUT2D eigenvalue weighted by Crippen LogP contribution is -2.44. The van der Waals surface area contributed by atoms with Crippen LogP contribution in [0.25, 0.3) is 11.4 Å². The molecule has 10 heteroatoms. The summed E-state index contributed by atoms with van der Waals surface area (Å²) in [6.07, 6.45) is 5.11. The van der Waals surface area contributed by atoms with Crippen molar-refractivity contribution in [3.63, 3.8) is 0 Å². The van der Waals surface area contributed by atoms with Crippen molar-refractivity contribution in [1.29, 1.82) is 0 Å². The molecule has 2 aromatic rings. The lowest BCUT2D eigenvalue weighted by atomic mass is 10.0. The van der Waals surface area contributed by atoms with E-state index in [9.17, 15) is 14.7 Å². The number of aromatic nitrogens is 2. The number of carbonyl (C=O) groups excluding carboxylic acids is 1. The van der Waals surface area contributed by atoms with Gasteiger partial charge >= 0.3 is 12.2 Å². The Morgan fingerprint density at radius 1 is 1.23 bits per heavy atom. The van der Waals surface area contributed by atoms with Crippen LogP contribution in [0.2, 0.25) is 0 Å². The lowest BCUT2D eigenvalue weighted by Gasteiger charge is -2.25.